The number of benzene rings is 9. The third kappa shape index (κ3) is 5.82. The number of nitrogens with zero attached hydrogens (tertiary/aromatic N) is 7. The van der Waals surface area contributed by atoms with Crippen LogP contribution in [-0.4, -0.2) is 34.5 Å². The molecular weight excluding hydrogens is 747 g/mol. The molecule has 7 nitrogen and oxygen atoms in total. The highest BCUT2D eigenvalue weighted by Crippen LogP contribution is 2.46. The molecule has 3 aromatic heterocycles. The van der Waals surface area contributed by atoms with Gasteiger partial charge >= 0.3 is 0 Å². The fraction of sp³-hybridized carbons (Fsp3) is 0. The van der Waals surface area contributed by atoms with Crippen molar-refractivity contribution in [2.24, 2.45) is 0 Å². The maximum absolute atomic E-state index is 9.42. The normalized spacial score (nSPS) is 16.0. The van der Waals surface area contributed by atoms with Gasteiger partial charge in [0, 0.05) is 38.6 Å². The maximum atomic E-state index is 9.42. The van der Waals surface area contributed by atoms with E-state index in [4.69, 9.17) is 45.5 Å². The maximum Gasteiger partial charge on any atom is 0.238 e. The van der Waals surface area contributed by atoms with E-state index in [1.165, 1.54) is 0 Å². The van der Waals surface area contributed by atoms with Gasteiger partial charge in [-0.1, -0.05) is 188 Å². The molecule has 0 fully saturated rings. The van der Waals surface area contributed by atoms with Crippen LogP contribution in [-0.2, 0) is 0 Å². The van der Waals surface area contributed by atoms with E-state index in [9.17, 15) is 5.48 Å². The van der Waals surface area contributed by atoms with Gasteiger partial charge in [-0.2, -0.15) is 9.97 Å². The first kappa shape index (κ1) is 20.5. The fourth-order valence-corrected chi connectivity index (χ4v) is 7.64. The highest BCUT2D eigenvalue weighted by Gasteiger charge is 2.26. The van der Waals surface area contributed by atoms with Crippen LogP contribution in [0.1, 0.15) is 26.0 Å². The van der Waals surface area contributed by atoms with Crippen molar-refractivity contribution >= 4 is 43.4 Å². The lowest BCUT2D eigenvalue weighted by Gasteiger charge is -2.14. The summed E-state index contributed by atoms with van der Waals surface area (Å²) in [6.07, 6.45) is 0. The Morgan fingerprint density at radius 1 is 0.328 bits per heavy atom. The molecule has 7 heteroatoms. The summed E-state index contributed by atoms with van der Waals surface area (Å²) in [5.74, 6) is -1.81. The summed E-state index contributed by atoms with van der Waals surface area (Å²) >= 11 is 0. The molecule has 12 aromatic rings. The van der Waals surface area contributed by atoms with Crippen LogP contribution in [0.25, 0.3) is 117 Å². The molecule has 0 atom stereocenters. The van der Waals surface area contributed by atoms with Crippen LogP contribution >= 0.6 is 0 Å². The lowest BCUT2D eigenvalue weighted by atomic mass is 9.93. The van der Waals surface area contributed by atoms with E-state index in [0.29, 0.717) is 27.2 Å². The molecule has 0 aliphatic heterocycles. The van der Waals surface area contributed by atoms with Gasteiger partial charge in [0.1, 0.15) is 0 Å². The second-order valence-corrected chi connectivity index (χ2v) is 13.7. The van der Waals surface area contributed by atoms with Gasteiger partial charge in [0.15, 0.2) is 29.1 Å². The molecule has 0 radical (unpaired) electrons. The summed E-state index contributed by atoms with van der Waals surface area (Å²) in [6, 6.07) is 11.3. The van der Waals surface area contributed by atoms with Crippen molar-refractivity contribution in [1.82, 2.24) is 34.5 Å². The van der Waals surface area contributed by atoms with Crippen LogP contribution in [0.15, 0.2) is 200 Å². The highest BCUT2D eigenvalue weighted by atomic mass is 15.2. The van der Waals surface area contributed by atoms with Crippen molar-refractivity contribution in [1.29, 1.82) is 0 Å². The standard InChI is InChI=1S/C54H33N7/c1-5-16-34(17-6-1)35-28-30-39(31-29-35)50-55-49(36-18-7-2-8-19-36)57-53(58-50)44-33-32-43-41-25-14-13-24-40(41)42-26-15-27-45-46(42)47(43)48(44)61(45)54-59-51(37-20-9-3-10-21-37)56-52(60-54)38-22-11-4-12-23-38/h1-33H/i1D,2D,3D,5D,6D,7D,8D,9D,10D,16D,17D,18D,19D,20D,21D,28D,29D,30D,31D. The molecule has 0 spiro atoms. The molecule has 0 amide bonds. The zero-order valence-electron chi connectivity index (χ0n) is 50.2. The van der Waals surface area contributed by atoms with Crippen LogP contribution in [0.4, 0.5) is 0 Å². The molecule has 284 valence electrons. The Bertz CT molecular complexity index is 4610. The van der Waals surface area contributed by atoms with Gasteiger partial charge in [-0.15, -0.1) is 0 Å². The minimum atomic E-state index is -0.843. The first-order valence-electron chi connectivity index (χ1n) is 28.2. The summed E-state index contributed by atoms with van der Waals surface area (Å²) in [5.41, 5.74) is -1.30. The Labute approximate surface area is 377 Å². The monoisotopic (exact) mass is 798 g/mol. The molecule has 0 saturated carbocycles. The third-order valence-electron chi connectivity index (χ3n) is 10.2. The summed E-state index contributed by atoms with van der Waals surface area (Å²) in [7, 11) is 0. The van der Waals surface area contributed by atoms with Gasteiger partial charge in [-0.05, 0) is 44.8 Å². The SMILES string of the molecule is [2H]c1c([2H])c([2H])c(-c2nc(-c3c([2H])c([2H])c(-c4c([2H])c([2H])c([2H])c([2H])c4[2H])c([2H])c3[2H])nc(-c3ccc4c5ccccc5c5cccc6c5c4c3n6-c3nc(-c4ccccc4)nc(-c4c([2H])c([2H])c([2H])c([2H])c4[2H])n3)n2)c([2H])c1[2H]. The summed E-state index contributed by atoms with van der Waals surface area (Å²) in [6.45, 7) is 0. The largest absolute Gasteiger partial charge is 0.277 e. The molecule has 0 bridgehead atoms. The van der Waals surface area contributed by atoms with E-state index in [2.05, 4.69) is 4.98 Å². The average Bonchev–Trinajstić information content (AvgIpc) is 3.90. The number of fused-ring (bicyclic) bond motifs is 3. The number of rotatable bonds is 7. The van der Waals surface area contributed by atoms with Gasteiger partial charge < -0.3 is 0 Å². The van der Waals surface area contributed by atoms with Gasteiger partial charge in [-0.25, -0.2) is 19.9 Å². The van der Waals surface area contributed by atoms with Crippen molar-refractivity contribution in [3.63, 3.8) is 0 Å². The van der Waals surface area contributed by atoms with Crippen molar-refractivity contribution in [2.75, 3.05) is 0 Å². The Morgan fingerprint density at radius 3 is 1.41 bits per heavy atom. The van der Waals surface area contributed by atoms with E-state index in [0.717, 1.165) is 16.2 Å². The zero-order chi connectivity index (χ0) is 56.8. The molecule has 3 heterocycles. The number of aromatic nitrogens is 7. The van der Waals surface area contributed by atoms with Crippen molar-refractivity contribution < 1.29 is 26.0 Å². The third-order valence-corrected chi connectivity index (χ3v) is 10.2. The van der Waals surface area contributed by atoms with Gasteiger partial charge in [0.25, 0.3) is 0 Å². The average molecular weight is 799 g/mol. The van der Waals surface area contributed by atoms with Gasteiger partial charge in [0.2, 0.25) is 5.95 Å². The Kier molecular flexibility index (Phi) is 4.76. The lowest BCUT2D eigenvalue weighted by molar-refractivity contribution is 0.953. The molecule has 0 aliphatic rings. The Balaban J connectivity index is 1.24. The predicted molar refractivity (Wildman–Crippen MR) is 246 cm³/mol. The Hall–Kier alpha value is -8.42. The Morgan fingerprint density at radius 2 is 0.787 bits per heavy atom. The molecule has 12 rings (SSSR count). The van der Waals surface area contributed by atoms with Crippen LogP contribution in [0.5, 0.6) is 0 Å². The van der Waals surface area contributed by atoms with Crippen molar-refractivity contribution in [2.45, 2.75) is 0 Å². The van der Waals surface area contributed by atoms with Crippen molar-refractivity contribution in [3.05, 3.63) is 200 Å². The topological polar surface area (TPSA) is 82.3 Å². The molecule has 9 aromatic carbocycles. The summed E-state index contributed by atoms with van der Waals surface area (Å²) in [4.78, 5) is 28.8. The molecule has 0 aliphatic carbocycles. The zero-order valence-corrected chi connectivity index (χ0v) is 31.2. The first-order valence-corrected chi connectivity index (χ1v) is 18.7. The summed E-state index contributed by atoms with van der Waals surface area (Å²) in [5, 5.41) is 4.39. The van der Waals surface area contributed by atoms with E-state index >= 15 is 0 Å². The van der Waals surface area contributed by atoms with Crippen LogP contribution < -0.4 is 0 Å². The lowest BCUT2D eigenvalue weighted by Crippen LogP contribution is -2.07. The molecule has 0 saturated heterocycles. The summed E-state index contributed by atoms with van der Waals surface area (Å²) < 4.78 is 168. The second kappa shape index (κ2) is 14.1. The number of hydrogen-bond donors (Lipinski definition) is 0. The van der Waals surface area contributed by atoms with Gasteiger partial charge in [0.05, 0.1) is 37.1 Å². The van der Waals surface area contributed by atoms with E-state index < -0.39 is 149 Å². The fourth-order valence-electron chi connectivity index (χ4n) is 7.64. The molecule has 61 heavy (non-hydrogen) atoms. The van der Waals surface area contributed by atoms with Crippen LogP contribution in [0.2, 0.25) is 0 Å². The van der Waals surface area contributed by atoms with Crippen LogP contribution in [0, 0.1) is 0 Å². The first-order chi connectivity index (χ1) is 38.1. The smallest absolute Gasteiger partial charge is 0.238 e. The molecule has 0 unspecified atom stereocenters. The highest BCUT2D eigenvalue weighted by molar-refractivity contribution is 6.35. The second-order valence-electron chi connectivity index (χ2n) is 13.7. The van der Waals surface area contributed by atoms with Crippen LogP contribution in [0.3, 0.4) is 0 Å². The van der Waals surface area contributed by atoms with E-state index in [1.54, 1.807) is 53.1 Å². The quantitative estimate of drug-likeness (QED) is 0.149. The predicted octanol–water partition coefficient (Wildman–Crippen LogP) is 12.9. The van der Waals surface area contributed by atoms with E-state index in [1.807, 2.05) is 36.4 Å². The molecular formula is C54H33N7. The number of hydrogen-bond acceptors (Lipinski definition) is 6. The van der Waals surface area contributed by atoms with Gasteiger partial charge in [-0.3, -0.25) is 4.57 Å². The van der Waals surface area contributed by atoms with E-state index in [-0.39, 0.29) is 40.1 Å². The minimum absolute atomic E-state index is 0.0424. The minimum Gasteiger partial charge on any atom is -0.277 e. The molecule has 0 N–H and O–H groups in total. The van der Waals surface area contributed by atoms with Crippen molar-refractivity contribution in [3.8, 4) is 74.0 Å².